The Morgan fingerprint density at radius 3 is 2.27 bits per heavy atom. The normalized spacial score (nSPS) is 12.3. The number of ether oxygens (including phenoxy) is 3. The fourth-order valence-electron chi connectivity index (χ4n) is 1.98. The average molecular weight is 369 g/mol. The molecule has 2 rings (SSSR count). The van der Waals surface area contributed by atoms with Crippen molar-refractivity contribution in [2.24, 2.45) is 0 Å². The van der Waals surface area contributed by atoms with Gasteiger partial charge < -0.3 is 19.5 Å². The van der Waals surface area contributed by atoms with Gasteiger partial charge in [0.1, 0.15) is 18.5 Å². The van der Waals surface area contributed by atoms with Crippen LogP contribution in [0.4, 0.5) is 18.9 Å². The molecule has 2 aromatic carbocycles. The van der Waals surface area contributed by atoms with Crippen molar-refractivity contribution in [3.05, 3.63) is 48.5 Å². The first-order valence-electron chi connectivity index (χ1n) is 7.68. The number of rotatable bonds is 7. The Labute approximate surface area is 148 Å². The van der Waals surface area contributed by atoms with Gasteiger partial charge in [-0.15, -0.1) is 0 Å². The molecule has 0 saturated heterocycles. The molecule has 26 heavy (non-hydrogen) atoms. The van der Waals surface area contributed by atoms with Crippen molar-refractivity contribution in [1.29, 1.82) is 0 Å². The minimum Gasteiger partial charge on any atom is -0.493 e. The molecule has 1 atom stereocenters. The summed E-state index contributed by atoms with van der Waals surface area (Å²) in [6, 6.07) is 13.5. The standard InChI is InChI=1S/C18H18F3NO4/c1-12(25-11-18(19,20)21)17(23)22-13-7-9-14(10-8-13)26-16-6-4-3-5-15(16)24-2/h3-10,12H,11H2,1-2H3,(H,22,23)/t12-/m1/s1. The van der Waals surface area contributed by atoms with Crippen LogP contribution in [0.25, 0.3) is 0 Å². The largest absolute Gasteiger partial charge is 0.493 e. The number of methoxy groups -OCH3 is 1. The van der Waals surface area contributed by atoms with Gasteiger partial charge in [-0.3, -0.25) is 4.79 Å². The van der Waals surface area contributed by atoms with Crippen molar-refractivity contribution in [3.63, 3.8) is 0 Å². The number of amides is 1. The Bertz CT molecular complexity index is 732. The second kappa shape index (κ2) is 8.57. The highest BCUT2D eigenvalue weighted by Gasteiger charge is 2.29. The van der Waals surface area contributed by atoms with Gasteiger partial charge in [-0.25, -0.2) is 0 Å². The molecule has 5 nitrogen and oxygen atoms in total. The van der Waals surface area contributed by atoms with E-state index in [9.17, 15) is 18.0 Å². The number of hydrogen-bond acceptors (Lipinski definition) is 4. The van der Waals surface area contributed by atoms with Crippen molar-refractivity contribution in [2.45, 2.75) is 19.2 Å². The summed E-state index contributed by atoms with van der Waals surface area (Å²) < 4.78 is 51.7. The van der Waals surface area contributed by atoms with E-state index >= 15 is 0 Å². The molecule has 0 unspecified atom stereocenters. The summed E-state index contributed by atoms with van der Waals surface area (Å²) in [5.74, 6) is 0.933. The van der Waals surface area contributed by atoms with Gasteiger partial charge in [0.25, 0.3) is 5.91 Å². The van der Waals surface area contributed by atoms with Gasteiger partial charge in [0.2, 0.25) is 0 Å². The molecule has 0 fully saturated rings. The zero-order valence-electron chi connectivity index (χ0n) is 14.2. The topological polar surface area (TPSA) is 56.8 Å². The van der Waals surface area contributed by atoms with Crippen LogP contribution in [-0.2, 0) is 9.53 Å². The lowest BCUT2D eigenvalue weighted by Crippen LogP contribution is -2.31. The molecule has 0 heterocycles. The number of benzene rings is 2. The van der Waals surface area contributed by atoms with Gasteiger partial charge in [-0.05, 0) is 43.3 Å². The summed E-state index contributed by atoms with van der Waals surface area (Å²) in [5.41, 5.74) is 0.407. The van der Waals surface area contributed by atoms with Crippen LogP contribution in [0, 0.1) is 0 Å². The molecular weight excluding hydrogens is 351 g/mol. The van der Waals surface area contributed by atoms with Gasteiger partial charge in [-0.2, -0.15) is 13.2 Å². The molecule has 140 valence electrons. The van der Waals surface area contributed by atoms with Crippen molar-refractivity contribution < 1.29 is 32.2 Å². The van der Waals surface area contributed by atoms with Crippen LogP contribution in [0.1, 0.15) is 6.92 Å². The van der Waals surface area contributed by atoms with Crippen LogP contribution in [0.3, 0.4) is 0 Å². The zero-order chi connectivity index (χ0) is 19.2. The maximum absolute atomic E-state index is 12.1. The summed E-state index contributed by atoms with van der Waals surface area (Å²) in [4.78, 5) is 11.8. The summed E-state index contributed by atoms with van der Waals surface area (Å²) in [6.07, 6.45) is -5.72. The Morgan fingerprint density at radius 2 is 1.69 bits per heavy atom. The monoisotopic (exact) mass is 369 g/mol. The fraction of sp³-hybridized carbons (Fsp3) is 0.278. The van der Waals surface area contributed by atoms with Gasteiger partial charge in [0.05, 0.1) is 7.11 Å². The molecule has 0 saturated carbocycles. The molecule has 0 spiro atoms. The number of hydrogen-bond donors (Lipinski definition) is 1. The lowest BCUT2D eigenvalue weighted by atomic mass is 10.2. The van der Waals surface area contributed by atoms with E-state index in [-0.39, 0.29) is 0 Å². The van der Waals surface area contributed by atoms with Crippen molar-refractivity contribution >= 4 is 11.6 Å². The molecule has 8 heteroatoms. The maximum Gasteiger partial charge on any atom is 0.411 e. The highest BCUT2D eigenvalue weighted by atomic mass is 19.4. The Kier molecular flexibility index (Phi) is 6.46. The molecule has 0 aliphatic rings. The van der Waals surface area contributed by atoms with E-state index in [0.717, 1.165) is 0 Å². The zero-order valence-corrected chi connectivity index (χ0v) is 14.2. The molecule has 0 aliphatic carbocycles. The van der Waals surface area contributed by atoms with Crippen molar-refractivity contribution in [2.75, 3.05) is 19.0 Å². The number of nitrogens with one attached hydrogen (secondary N) is 1. The Balaban J connectivity index is 1.93. The molecule has 0 radical (unpaired) electrons. The molecule has 0 bridgehead atoms. The van der Waals surface area contributed by atoms with Crippen LogP contribution in [0.15, 0.2) is 48.5 Å². The number of para-hydroxylation sites is 2. The van der Waals surface area contributed by atoms with Crippen molar-refractivity contribution in [1.82, 2.24) is 0 Å². The number of carbonyl (C=O) groups excluding carboxylic acids is 1. The van der Waals surface area contributed by atoms with Crippen LogP contribution >= 0.6 is 0 Å². The Morgan fingerprint density at radius 1 is 1.08 bits per heavy atom. The predicted molar refractivity (Wildman–Crippen MR) is 89.6 cm³/mol. The second-order valence-electron chi connectivity index (χ2n) is 5.33. The molecule has 0 aliphatic heterocycles. The van der Waals surface area contributed by atoms with E-state index in [1.165, 1.54) is 14.0 Å². The lowest BCUT2D eigenvalue weighted by molar-refractivity contribution is -0.184. The van der Waals surface area contributed by atoms with Crippen LogP contribution < -0.4 is 14.8 Å². The predicted octanol–water partition coefficient (Wildman–Crippen LogP) is 4.39. The number of anilines is 1. The average Bonchev–Trinajstić information content (AvgIpc) is 2.61. The third-order valence-corrected chi connectivity index (χ3v) is 3.28. The first-order valence-corrected chi connectivity index (χ1v) is 7.68. The molecule has 2 aromatic rings. The molecule has 0 aromatic heterocycles. The third-order valence-electron chi connectivity index (χ3n) is 3.28. The first kappa shape index (κ1) is 19.6. The fourth-order valence-corrected chi connectivity index (χ4v) is 1.98. The second-order valence-corrected chi connectivity index (χ2v) is 5.33. The van der Waals surface area contributed by atoms with Crippen molar-refractivity contribution in [3.8, 4) is 17.2 Å². The summed E-state index contributed by atoms with van der Waals surface area (Å²) in [7, 11) is 1.53. The van der Waals surface area contributed by atoms with Crippen LogP contribution in [-0.4, -0.2) is 31.9 Å². The summed E-state index contributed by atoms with van der Waals surface area (Å²) >= 11 is 0. The number of halogens is 3. The molecule has 1 amide bonds. The van der Waals surface area contributed by atoms with E-state index in [1.54, 1.807) is 42.5 Å². The van der Waals surface area contributed by atoms with Gasteiger partial charge in [-0.1, -0.05) is 12.1 Å². The number of alkyl halides is 3. The molecule has 1 N–H and O–H groups in total. The van der Waals surface area contributed by atoms with Crippen LogP contribution in [0.5, 0.6) is 17.2 Å². The van der Waals surface area contributed by atoms with E-state index < -0.39 is 24.8 Å². The summed E-state index contributed by atoms with van der Waals surface area (Å²) in [5, 5.41) is 2.48. The highest BCUT2D eigenvalue weighted by Crippen LogP contribution is 2.31. The first-order chi connectivity index (χ1) is 12.3. The highest BCUT2D eigenvalue weighted by molar-refractivity contribution is 5.93. The third kappa shape index (κ3) is 5.96. The van der Waals surface area contributed by atoms with E-state index in [0.29, 0.717) is 22.9 Å². The molecular formula is C18H18F3NO4. The van der Waals surface area contributed by atoms with Gasteiger partial charge in [0.15, 0.2) is 11.5 Å². The number of carbonyl (C=O) groups is 1. The summed E-state index contributed by atoms with van der Waals surface area (Å²) in [6.45, 7) is -0.229. The Hall–Kier alpha value is -2.74. The van der Waals surface area contributed by atoms with E-state index in [2.05, 4.69) is 10.1 Å². The maximum atomic E-state index is 12.1. The van der Waals surface area contributed by atoms with E-state index in [1.807, 2.05) is 6.07 Å². The minimum atomic E-state index is -4.48. The van der Waals surface area contributed by atoms with Crippen LogP contribution in [0.2, 0.25) is 0 Å². The quantitative estimate of drug-likeness (QED) is 0.786. The van der Waals surface area contributed by atoms with Gasteiger partial charge in [0, 0.05) is 5.69 Å². The smallest absolute Gasteiger partial charge is 0.411 e. The minimum absolute atomic E-state index is 0.407. The SMILES string of the molecule is COc1ccccc1Oc1ccc(NC(=O)[C@@H](C)OCC(F)(F)F)cc1. The lowest BCUT2D eigenvalue weighted by Gasteiger charge is -2.15. The van der Waals surface area contributed by atoms with Gasteiger partial charge >= 0.3 is 6.18 Å². The van der Waals surface area contributed by atoms with E-state index in [4.69, 9.17) is 9.47 Å².